The number of methoxy groups -OCH3 is 1. The molecule has 0 aliphatic heterocycles. The Morgan fingerprint density at radius 2 is 2.29 bits per heavy atom. The van der Waals surface area contributed by atoms with Gasteiger partial charge in [-0.15, -0.1) is 0 Å². The molecule has 4 nitrogen and oxygen atoms in total. The van der Waals surface area contributed by atoms with Crippen LogP contribution < -0.4 is 4.74 Å². The molecule has 0 unspecified atom stereocenters. The highest BCUT2D eigenvalue weighted by Crippen LogP contribution is 2.29. The summed E-state index contributed by atoms with van der Waals surface area (Å²) in [6.07, 6.45) is 2.60. The third kappa shape index (κ3) is 2.13. The van der Waals surface area contributed by atoms with Gasteiger partial charge in [0.1, 0.15) is 11.8 Å². The molecule has 17 heavy (non-hydrogen) atoms. The molecule has 0 bridgehead atoms. The van der Waals surface area contributed by atoms with Crippen LogP contribution in [-0.2, 0) is 6.42 Å². The highest BCUT2D eigenvalue weighted by Gasteiger charge is 2.09. The Bertz CT molecular complexity index is 566. The van der Waals surface area contributed by atoms with Crippen LogP contribution in [0, 0.1) is 11.3 Å². The van der Waals surface area contributed by atoms with E-state index in [9.17, 15) is 0 Å². The Labute approximate surface area is 99.9 Å². The number of ether oxygens (including phenoxy) is 1. The number of imidazole rings is 1. The average molecular weight is 227 g/mol. The first-order chi connectivity index (χ1) is 8.28. The first kappa shape index (κ1) is 11.2. The van der Waals surface area contributed by atoms with E-state index in [1.54, 1.807) is 13.3 Å². The second kappa shape index (κ2) is 4.71. The minimum absolute atomic E-state index is 0.309. The van der Waals surface area contributed by atoms with Gasteiger partial charge in [-0.2, -0.15) is 5.26 Å². The predicted octanol–water partition coefficient (Wildman–Crippen LogP) is 2.52. The number of rotatable bonds is 3. The van der Waals surface area contributed by atoms with Crippen molar-refractivity contribution in [2.45, 2.75) is 13.3 Å². The van der Waals surface area contributed by atoms with Gasteiger partial charge in [-0.05, 0) is 24.1 Å². The molecule has 1 N–H and O–H groups in total. The van der Waals surface area contributed by atoms with E-state index in [0.717, 1.165) is 23.4 Å². The number of nitrogens with zero attached hydrogens (tertiary/aromatic N) is 2. The second-order valence-corrected chi connectivity index (χ2v) is 3.65. The molecule has 0 saturated carbocycles. The number of aromatic amines is 1. The van der Waals surface area contributed by atoms with Crippen molar-refractivity contribution in [1.82, 2.24) is 9.97 Å². The third-order valence-corrected chi connectivity index (χ3v) is 2.64. The number of hydrogen-bond donors (Lipinski definition) is 1. The number of nitriles is 1. The molecule has 1 aromatic heterocycles. The fourth-order valence-electron chi connectivity index (χ4n) is 1.70. The fraction of sp³-hybridized carbons (Fsp3) is 0.231. The molecule has 0 fully saturated rings. The summed E-state index contributed by atoms with van der Waals surface area (Å²) in [4.78, 5) is 6.92. The first-order valence-corrected chi connectivity index (χ1v) is 5.41. The lowest BCUT2D eigenvalue weighted by atomic mass is 10.1. The van der Waals surface area contributed by atoms with Crippen LogP contribution in [0.5, 0.6) is 5.75 Å². The Hall–Kier alpha value is -2.28. The molecule has 2 rings (SSSR count). The fourth-order valence-corrected chi connectivity index (χ4v) is 1.70. The Balaban J connectivity index is 2.52. The largest absolute Gasteiger partial charge is 0.496 e. The molecule has 2 aromatic rings. The van der Waals surface area contributed by atoms with E-state index >= 15 is 0 Å². The van der Waals surface area contributed by atoms with Gasteiger partial charge in [-0.3, -0.25) is 0 Å². The van der Waals surface area contributed by atoms with Crippen LogP contribution in [0.25, 0.3) is 11.3 Å². The molecule has 86 valence electrons. The quantitative estimate of drug-likeness (QED) is 0.876. The SMILES string of the molecule is CCc1ccc(OC)c(-c2cnc(C#N)[nH]2)c1. The van der Waals surface area contributed by atoms with E-state index in [4.69, 9.17) is 10.00 Å². The summed E-state index contributed by atoms with van der Waals surface area (Å²) in [7, 11) is 1.63. The molecular weight excluding hydrogens is 214 g/mol. The van der Waals surface area contributed by atoms with Crippen LogP contribution in [0.3, 0.4) is 0 Å². The van der Waals surface area contributed by atoms with Gasteiger partial charge in [0.15, 0.2) is 0 Å². The number of nitrogens with one attached hydrogen (secondary N) is 1. The van der Waals surface area contributed by atoms with Gasteiger partial charge in [0, 0.05) is 5.56 Å². The molecule has 4 heteroatoms. The van der Waals surface area contributed by atoms with Crippen LogP contribution in [0.2, 0.25) is 0 Å². The Morgan fingerprint density at radius 3 is 2.88 bits per heavy atom. The van der Waals surface area contributed by atoms with E-state index in [1.807, 2.05) is 24.3 Å². The lowest BCUT2D eigenvalue weighted by Crippen LogP contribution is -1.90. The molecule has 1 heterocycles. The van der Waals surface area contributed by atoms with Crippen LogP contribution >= 0.6 is 0 Å². The summed E-state index contributed by atoms with van der Waals surface area (Å²) in [6, 6.07) is 7.99. The van der Waals surface area contributed by atoms with Crippen molar-refractivity contribution in [3.8, 4) is 23.1 Å². The van der Waals surface area contributed by atoms with Gasteiger partial charge in [0.2, 0.25) is 5.82 Å². The van der Waals surface area contributed by atoms with Gasteiger partial charge in [-0.1, -0.05) is 13.0 Å². The van der Waals surface area contributed by atoms with Gasteiger partial charge < -0.3 is 9.72 Å². The molecule has 1 aromatic carbocycles. The minimum atomic E-state index is 0.309. The predicted molar refractivity (Wildman–Crippen MR) is 64.7 cm³/mol. The summed E-state index contributed by atoms with van der Waals surface area (Å²) in [5, 5.41) is 8.75. The summed E-state index contributed by atoms with van der Waals surface area (Å²) in [5.41, 5.74) is 2.95. The molecule has 0 aliphatic carbocycles. The van der Waals surface area contributed by atoms with E-state index in [2.05, 4.69) is 16.9 Å². The summed E-state index contributed by atoms with van der Waals surface area (Å²) in [6.45, 7) is 2.10. The second-order valence-electron chi connectivity index (χ2n) is 3.65. The third-order valence-electron chi connectivity index (χ3n) is 2.64. The number of aromatic nitrogens is 2. The number of aryl methyl sites for hydroxylation is 1. The number of hydrogen-bond acceptors (Lipinski definition) is 3. The maximum absolute atomic E-state index is 8.75. The Kier molecular flexibility index (Phi) is 3.10. The lowest BCUT2D eigenvalue weighted by Gasteiger charge is -2.08. The van der Waals surface area contributed by atoms with E-state index in [-0.39, 0.29) is 0 Å². The van der Waals surface area contributed by atoms with Crippen molar-refractivity contribution >= 4 is 0 Å². The number of benzene rings is 1. The molecule has 0 aliphatic rings. The molecule has 0 spiro atoms. The van der Waals surface area contributed by atoms with Gasteiger partial charge in [-0.25, -0.2) is 4.98 Å². The van der Waals surface area contributed by atoms with Gasteiger partial charge in [0.05, 0.1) is 19.0 Å². The summed E-state index contributed by atoms with van der Waals surface area (Å²) in [5.74, 6) is 1.08. The minimum Gasteiger partial charge on any atom is -0.496 e. The average Bonchev–Trinajstić information content (AvgIpc) is 2.86. The summed E-state index contributed by atoms with van der Waals surface area (Å²) < 4.78 is 5.31. The zero-order chi connectivity index (χ0) is 12.3. The Morgan fingerprint density at radius 1 is 1.47 bits per heavy atom. The van der Waals surface area contributed by atoms with Crippen molar-refractivity contribution in [2.75, 3.05) is 7.11 Å². The molecule has 0 atom stereocenters. The maximum atomic E-state index is 8.75. The standard InChI is InChI=1S/C13H13N3O/c1-3-9-4-5-12(17-2)10(6-9)11-8-15-13(7-14)16-11/h4-6,8H,3H2,1-2H3,(H,15,16). The topological polar surface area (TPSA) is 61.7 Å². The zero-order valence-corrected chi connectivity index (χ0v) is 9.82. The van der Waals surface area contributed by atoms with Crippen molar-refractivity contribution in [2.24, 2.45) is 0 Å². The van der Waals surface area contributed by atoms with Crippen molar-refractivity contribution in [1.29, 1.82) is 5.26 Å². The summed E-state index contributed by atoms with van der Waals surface area (Å²) >= 11 is 0. The molecular formula is C13H13N3O. The molecule has 0 radical (unpaired) electrons. The van der Waals surface area contributed by atoms with E-state index in [0.29, 0.717) is 5.82 Å². The van der Waals surface area contributed by atoms with Crippen molar-refractivity contribution in [3.63, 3.8) is 0 Å². The van der Waals surface area contributed by atoms with Crippen molar-refractivity contribution < 1.29 is 4.74 Å². The van der Waals surface area contributed by atoms with Crippen LogP contribution in [0.4, 0.5) is 0 Å². The van der Waals surface area contributed by atoms with Crippen molar-refractivity contribution in [3.05, 3.63) is 35.8 Å². The van der Waals surface area contributed by atoms with Crippen LogP contribution in [0.15, 0.2) is 24.4 Å². The molecule has 0 amide bonds. The monoisotopic (exact) mass is 227 g/mol. The van der Waals surface area contributed by atoms with Gasteiger partial charge in [0.25, 0.3) is 0 Å². The molecule has 0 saturated heterocycles. The number of H-pyrrole nitrogens is 1. The smallest absolute Gasteiger partial charge is 0.210 e. The highest BCUT2D eigenvalue weighted by molar-refractivity contribution is 5.68. The van der Waals surface area contributed by atoms with E-state index < -0.39 is 0 Å². The maximum Gasteiger partial charge on any atom is 0.210 e. The van der Waals surface area contributed by atoms with Gasteiger partial charge >= 0.3 is 0 Å². The normalized spacial score (nSPS) is 9.94. The highest BCUT2D eigenvalue weighted by atomic mass is 16.5. The van der Waals surface area contributed by atoms with Crippen LogP contribution in [-0.4, -0.2) is 17.1 Å². The van der Waals surface area contributed by atoms with E-state index in [1.165, 1.54) is 5.56 Å². The first-order valence-electron chi connectivity index (χ1n) is 5.41. The lowest BCUT2D eigenvalue weighted by molar-refractivity contribution is 0.416. The van der Waals surface area contributed by atoms with Crippen LogP contribution in [0.1, 0.15) is 18.3 Å². The zero-order valence-electron chi connectivity index (χ0n) is 9.82.